The smallest absolute Gasteiger partial charge is 0.255 e. The summed E-state index contributed by atoms with van der Waals surface area (Å²) < 4.78 is 10.9. The van der Waals surface area contributed by atoms with Crippen molar-refractivity contribution in [3.8, 4) is 5.75 Å². The Bertz CT molecular complexity index is 430. The van der Waals surface area contributed by atoms with Crippen LogP contribution in [0.25, 0.3) is 0 Å². The Morgan fingerprint density at radius 2 is 2.30 bits per heavy atom. The van der Waals surface area contributed by atoms with Gasteiger partial charge in [-0.2, -0.15) is 0 Å². The summed E-state index contributed by atoms with van der Waals surface area (Å²) in [6, 6.07) is 6.50. The molecule has 0 saturated carbocycles. The molecule has 1 aromatic carbocycles. The van der Waals surface area contributed by atoms with Gasteiger partial charge in [0.15, 0.2) is 0 Å². The molecule has 0 aromatic heterocycles. The summed E-state index contributed by atoms with van der Waals surface area (Å²) >= 11 is 0. The molecule has 0 aliphatic carbocycles. The lowest BCUT2D eigenvalue weighted by Crippen LogP contribution is -2.25. The molecule has 0 bridgehead atoms. The Morgan fingerprint density at radius 3 is 3.05 bits per heavy atom. The Labute approximate surface area is 118 Å². The standard InChI is InChI=1S/C15H21NO4/c17-14-7-2-1-6-13(14)15(18)16-8-4-9-19-11-12-5-3-10-20-12/h1-2,6-7,12,17H,3-5,8-11H2,(H,16,18). The lowest BCUT2D eigenvalue weighted by molar-refractivity contribution is 0.0166. The van der Waals surface area contributed by atoms with E-state index in [0.29, 0.717) is 25.3 Å². The van der Waals surface area contributed by atoms with Gasteiger partial charge in [-0.3, -0.25) is 4.79 Å². The molecule has 110 valence electrons. The number of ether oxygens (including phenoxy) is 2. The Balaban J connectivity index is 1.56. The van der Waals surface area contributed by atoms with E-state index in [9.17, 15) is 9.90 Å². The second-order valence-corrected chi connectivity index (χ2v) is 4.84. The van der Waals surface area contributed by atoms with E-state index < -0.39 is 0 Å². The molecule has 1 unspecified atom stereocenters. The molecule has 1 atom stereocenters. The van der Waals surface area contributed by atoms with Crippen LogP contribution in [0.4, 0.5) is 0 Å². The van der Waals surface area contributed by atoms with E-state index in [0.717, 1.165) is 25.9 Å². The first kappa shape index (κ1) is 14.8. The molecule has 20 heavy (non-hydrogen) atoms. The third-order valence-electron chi connectivity index (χ3n) is 3.23. The molecule has 0 spiro atoms. The average Bonchev–Trinajstić information content (AvgIpc) is 2.96. The molecule has 5 nitrogen and oxygen atoms in total. The first-order valence-corrected chi connectivity index (χ1v) is 7.03. The maximum atomic E-state index is 11.8. The van der Waals surface area contributed by atoms with Gasteiger partial charge >= 0.3 is 0 Å². The number of nitrogens with one attached hydrogen (secondary N) is 1. The van der Waals surface area contributed by atoms with Gasteiger partial charge in [0, 0.05) is 19.8 Å². The number of phenolic OH excluding ortho intramolecular Hbond substituents is 1. The predicted molar refractivity (Wildman–Crippen MR) is 74.9 cm³/mol. The van der Waals surface area contributed by atoms with Gasteiger partial charge in [0.2, 0.25) is 0 Å². The topological polar surface area (TPSA) is 67.8 Å². The van der Waals surface area contributed by atoms with E-state index in [1.165, 1.54) is 6.07 Å². The quantitative estimate of drug-likeness (QED) is 0.746. The summed E-state index contributed by atoms with van der Waals surface area (Å²) in [4.78, 5) is 11.8. The SMILES string of the molecule is O=C(NCCCOCC1CCCO1)c1ccccc1O. The van der Waals surface area contributed by atoms with Gasteiger partial charge in [0.25, 0.3) is 5.91 Å². The lowest BCUT2D eigenvalue weighted by atomic mass is 10.2. The number of rotatable bonds is 7. The zero-order chi connectivity index (χ0) is 14.2. The van der Waals surface area contributed by atoms with Gasteiger partial charge in [-0.15, -0.1) is 0 Å². The second kappa shape index (κ2) is 7.87. The van der Waals surface area contributed by atoms with Crippen molar-refractivity contribution in [3.63, 3.8) is 0 Å². The van der Waals surface area contributed by atoms with Crippen molar-refractivity contribution >= 4 is 5.91 Å². The number of hydrogen-bond donors (Lipinski definition) is 2. The van der Waals surface area contributed by atoms with Crippen molar-refractivity contribution in [1.82, 2.24) is 5.32 Å². The highest BCUT2D eigenvalue weighted by molar-refractivity contribution is 5.96. The van der Waals surface area contributed by atoms with E-state index in [2.05, 4.69) is 5.32 Å². The van der Waals surface area contributed by atoms with Crippen LogP contribution < -0.4 is 5.32 Å². The van der Waals surface area contributed by atoms with E-state index in [1.807, 2.05) is 0 Å². The van der Waals surface area contributed by atoms with E-state index >= 15 is 0 Å². The molecule has 1 saturated heterocycles. The summed E-state index contributed by atoms with van der Waals surface area (Å²) in [6.45, 7) is 2.59. The Hall–Kier alpha value is -1.59. The van der Waals surface area contributed by atoms with Crippen LogP contribution in [-0.4, -0.2) is 43.5 Å². The highest BCUT2D eigenvalue weighted by atomic mass is 16.5. The van der Waals surface area contributed by atoms with Gasteiger partial charge in [0.1, 0.15) is 5.75 Å². The van der Waals surface area contributed by atoms with Gasteiger partial charge < -0.3 is 19.9 Å². The summed E-state index contributed by atoms with van der Waals surface area (Å²) in [5.74, 6) is -0.262. The average molecular weight is 279 g/mol. The summed E-state index contributed by atoms with van der Waals surface area (Å²) in [7, 11) is 0. The first-order valence-electron chi connectivity index (χ1n) is 7.03. The number of carbonyl (C=O) groups excluding carboxylic acids is 1. The van der Waals surface area contributed by atoms with Crippen LogP contribution in [-0.2, 0) is 9.47 Å². The van der Waals surface area contributed by atoms with Crippen molar-refractivity contribution in [3.05, 3.63) is 29.8 Å². The van der Waals surface area contributed by atoms with Crippen LogP contribution in [0.15, 0.2) is 24.3 Å². The monoisotopic (exact) mass is 279 g/mol. The summed E-state index contributed by atoms with van der Waals surface area (Å²) in [5.41, 5.74) is 0.299. The van der Waals surface area contributed by atoms with Gasteiger partial charge in [-0.1, -0.05) is 12.1 Å². The van der Waals surface area contributed by atoms with Crippen LogP contribution in [0.2, 0.25) is 0 Å². The Morgan fingerprint density at radius 1 is 1.45 bits per heavy atom. The van der Waals surface area contributed by atoms with Crippen molar-refractivity contribution < 1.29 is 19.4 Å². The Kier molecular flexibility index (Phi) is 5.83. The van der Waals surface area contributed by atoms with Crippen molar-refractivity contribution in [2.75, 3.05) is 26.4 Å². The number of para-hydroxylation sites is 1. The van der Waals surface area contributed by atoms with Crippen LogP contribution >= 0.6 is 0 Å². The molecule has 1 aliphatic heterocycles. The molecule has 1 fully saturated rings. The molecular weight excluding hydrogens is 258 g/mol. The van der Waals surface area contributed by atoms with Gasteiger partial charge in [0.05, 0.1) is 18.3 Å². The van der Waals surface area contributed by atoms with E-state index in [-0.39, 0.29) is 17.8 Å². The molecule has 1 aliphatic rings. The number of amides is 1. The zero-order valence-electron chi connectivity index (χ0n) is 11.5. The molecule has 2 rings (SSSR count). The molecule has 1 heterocycles. The summed E-state index contributed by atoms with van der Waals surface area (Å²) in [5, 5.41) is 12.3. The van der Waals surface area contributed by atoms with Crippen molar-refractivity contribution in [1.29, 1.82) is 0 Å². The first-order chi connectivity index (χ1) is 9.77. The molecule has 1 amide bonds. The fourth-order valence-electron chi connectivity index (χ4n) is 2.13. The van der Waals surface area contributed by atoms with E-state index in [1.54, 1.807) is 18.2 Å². The number of benzene rings is 1. The maximum Gasteiger partial charge on any atom is 0.255 e. The minimum atomic E-state index is -0.262. The second-order valence-electron chi connectivity index (χ2n) is 4.84. The molecule has 5 heteroatoms. The largest absolute Gasteiger partial charge is 0.507 e. The predicted octanol–water partition coefficient (Wildman–Crippen LogP) is 1.71. The summed E-state index contributed by atoms with van der Waals surface area (Å²) in [6.07, 6.45) is 3.17. The third kappa shape index (κ3) is 4.51. The number of aromatic hydroxyl groups is 1. The zero-order valence-corrected chi connectivity index (χ0v) is 11.5. The molecule has 0 radical (unpaired) electrons. The molecule has 2 N–H and O–H groups in total. The van der Waals surface area contributed by atoms with Crippen molar-refractivity contribution in [2.24, 2.45) is 0 Å². The van der Waals surface area contributed by atoms with Gasteiger partial charge in [-0.25, -0.2) is 0 Å². The number of carbonyl (C=O) groups is 1. The minimum Gasteiger partial charge on any atom is -0.507 e. The maximum absolute atomic E-state index is 11.8. The molecular formula is C15H21NO4. The number of phenols is 1. The van der Waals surface area contributed by atoms with Crippen LogP contribution in [0.3, 0.4) is 0 Å². The van der Waals surface area contributed by atoms with Gasteiger partial charge in [-0.05, 0) is 31.4 Å². The van der Waals surface area contributed by atoms with E-state index in [4.69, 9.17) is 9.47 Å². The third-order valence-corrected chi connectivity index (χ3v) is 3.23. The molecule has 1 aromatic rings. The fourth-order valence-corrected chi connectivity index (χ4v) is 2.13. The van der Waals surface area contributed by atoms with Crippen LogP contribution in [0.1, 0.15) is 29.6 Å². The lowest BCUT2D eigenvalue weighted by Gasteiger charge is -2.10. The fraction of sp³-hybridized carbons (Fsp3) is 0.533. The van der Waals surface area contributed by atoms with Crippen molar-refractivity contribution in [2.45, 2.75) is 25.4 Å². The van der Waals surface area contributed by atoms with Crippen LogP contribution in [0, 0.1) is 0 Å². The normalized spacial score (nSPS) is 18.1. The highest BCUT2D eigenvalue weighted by Crippen LogP contribution is 2.15. The highest BCUT2D eigenvalue weighted by Gasteiger charge is 2.15. The minimum absolute atomic E-state index is 0.000341. The number of hydrogen-bond acceptors (Lipinski definition) is 4. The van der Waals surface area contributed by atoms with Crippen LogP contribution in [0.5, 0.6) is 5.75 Å².